The molecule has 0 aromatic carbocycles. The van der Waals surface area contributed by atoms with Crippen molar-refractivity contribution < 1.29 is 18.0 Å². The SMILES string of the molecule is Cn1nc(Cl)c(C=O)c1C(F)(F)F. The Hall–Kier alpha value is -1.04. The number of hydrogen-bond acceptors (Lipinski definition) is 2. The molecule has 1 aromatic rings. The highest BCUT2D eigenvalue weighted by molar-refractivity contribution is 6.31. The third-order valence-corrected chi connectivity index (χ3v) is 1.70. The van der Waals surface area contributed by atoms with Crippen molar-refractivity contribution in [2.75, 3.05) is 0 Å². The number of nitrogens with zero attached hydrogens (tertiary/aromatic N) is 2. The third kappa shape index (κ3) is 1.67. The average molecular weight is 213 g/mol. The smallest absolute Gasteiger partial charge is 0.298 e. The van der Waals surface area contributed by atoms with Crippen LogP contribution in [0.25, 0.3) is 0 Å². The summed E-state index contributed by atoms with van der Waals surface area (Å²) in [5, 5.41) is 2.84. The first-order valence-corrected chi connectivity index (χ1v) is 3.50. The van der Waals surface area contributed by atoms with Crippen LogP contribution in [-0.4, -0.2) is 16.1 Å². The van der Waals surface area contributed by atoms with Gasteiger partial charge in [0.15, 0.2) is 17.1 Å². The van der Waals surface area contributed by atoms with Gasteiger partial charge in [-0.2, -0.15) is 18.3 Å². The van der Waals surface area contributed by atoms with Gasteiger partial charge in [-0.1, -0.05) is 11.6 Å². The summed E-state index contributed by atoms with van der Waals surface area (Å²) in [4.78, 5) is 10.3. The summed E-state index contributed by atoms with van der Waals surface area (Å²) in [6, 6.07) is 0. The van der Waals surface area contributed by atoms with E-state index in [9.17, 15) is 18.0 Å². The van der Waals surface area contributed by atoms with E-state index in [1.807, 2.05) is 0 Å². The molecule has 1 heterocycles. The van der Waals surface area contributed by atoms with Crippen molar-refractivity contribution in [1.29, 1.82) is 0 Å². The van der Waals surface area contributed by atoms with Crippen LogP contribution in [0.3, 0.4) is 0 Å². The van der Waals surface area contributed by atoms with Crippen LogP contribution in [0.4, 0.5) is 13.2 Å². The molecule has 0 bridgehead atoms. The second kappa shape index (κ2) is 3.02. The van der Waals surface area contributed by atoms with Crippen molar-refractivity contribution in [3.05, 3.63) is 16.4 Å². The highest BCUT2D eigenvalue weighted by atomic mass is 35.5. The molecule has 0 amide bonds. The molecule has 0 saturated heterocycles. The first-order chi connectivity index (χ1) is 5.88. The van der Waals surface area contributed by atoms with Crippen LogP contribution in [-0.2, 0) is 13.2 Å². The molecule has 0 unspecified atom stereocenters. The number of halogens is 4. The lowest BCUT2D eigenvalue weighted by Gasteiger charge is -2.06. The topological polar surface area (TPSA) is 34.9 Å². The average Bonchev–Trinajstić information content (AvgIpc) is 2.23. The molecule has 0 saturated carbocycles. The molecule has 72 valence electrons. The Morgan fingerprint density at radius 2 is 2.08 bits per heavy atom. The molecule has 0 aliphatic carbocycles. The van der Waals surface area contributed by atoms with Crippen LogP contribution in [0.5, 0.6) is 0 Å². The molecule has 0 aliphatic heterocycles. The summed E-state index contributed by atoms with van der Waals surface area (Å²) < 4.78 is 37.2. The fourth-order valence-electron chi connectivity index (χ4n) is 0.948. The minimum absolute atomic E-state index is 0.0398. The van der Waals surface area contributed by atoms with E-state index in [1.165, 1.54) is 0 Å². The minimum atomic E-state index is -4.62. The molecule has 0 aliphatic rings. The van der Waals surface area contributed by atoms with E-state index in [0.29, 0.717) is 4.68 Å². The lowest BCUT2D eigenvalue weighted by Crippen LogP contribution is -2.13. The normalized spacial score (nSPS) is 11.8. The summed E-state index contributed by atoms with van der Waals surface area (Å²) in [6.07, 6.45) is -4.58. The molecule has 0 spiro atoms. The molecule has 1 aromatic heterocycles. The second-order valence-corrected chi connectivity index (χ2v) is 2.65. The molecule has 0 N–H and O–H groups in total. The van der Waals surface area contributed by atoms with Crippen LogP contribution in [0.1, 0.15) is 16.1 Å². The van der Waals surface area contributed by atoms with E-state index in [-0.39, 0.29) is 6.29 Å². The maximum atomic E-state index is 12.2. The van der Waals surface area contributed by atoms with Crippen LogP contribution in [0.15, 0.2) is 0 Å². The van der Waals surface area contributed by atoms with E-state index in [2.05, 4.69) is 5.10 Å². The van der Waals surface area contributed by atoms with Gasteiger partial charge in [-0.05, 0) is 0 Å². The summed E-state index contributed by atoms with van der Waals surface area (Å²) in [7, 11) is 1.07. The molecular weight excluding hydrogens is 209 g/mol. The molecular formula is C6H4ClF3N2O. The first kappa shape index (κ1) is 10.0. The molecule has 13 heavy (non-hydrogen) atoms. The zero-order valence-corrected chi connectivity index (χ0v) is 7.15. The number of carbonyl (C=O) groups is 1. The van der Waals surface area contributed by atoms with Gasteiger partial charge < -0.3 is 0 Å². The monoisotopic (exact) mass is 212 g/mol. The minimum Gasteiger partial charge on any atom is -0.298 e. The van der Waals surface area contributed by atoms with Gasteiger partial charge in [-0.25, -0.2) is 0 Å². The van der Waals surface area contributed by atoms with E-state index in [4.69, 9.17) is 11.6 Å². The van der Waals surface area contributed by atoms with Gasteiger partial charge in [0, 0.05) is 7.05 Å². The number of alkyl halides is 3. The zero-order chi connectivity index (χ0) is 10.2. The summed E-state index contributed by atoms with van der Waals surface area (Å²) in [6.45, 7) is 0. The van der Waals surface area contributed by atoms with E-state index in [0.717, 1.165) is 7.05 Å². The Kier molecular flexibility index (Phi) is 2.34. The van der Waals surface area contributed by atoms with E-state index in [1.54, 1.807) is 0 Å². The predicted octanol–water partition coefficient (Wildman–Crippen LogP) is 1.90. The number of rotatable bonds is 1. The van der Waals surface area contributed by atoms with Crippen molar-refractivity contribution in [1.82, 2.24) is 9.78 Å². The Balaban J connectivity index is 3.42. The molecule has 1 rings (SSSR count). The molecule has 0 radical (unpaired) electrons. The van der Waals surface area contributed by atoms with Crippen molar-refractivity contribution in [3.63, 3.8) is 0 Å². The number of aryl methyl sites for hydroxylation is 1. The van der Waals surface area contributed by atoms with E-state index < -0.39 is 22.6 Å². The predicted molar refractivity (Wildman–Crippen MR) is 38.6 cm³/mol. The van der Waals surface area contributed by atoms with E-state index >= 15 is 0 Å². The van der Waals surface area contributed by atoms with Gasteiger partial charge >= 0.3 is 6.18 Å². The molecule has 3 nitrogen and oxygen atoms in total. The maximum absolute atomic E-state index is 12.2. The maximum Gasteiger partial charge on any atom is 0.433 e. The Labute approximate surface area is 76.1 Å². The van der Waals surface area contributed by atoms with Gasteiger partial charge in [-0.15, -0.1) is 0 Å². The van der Waals surface area contributed by atoms with Crippen LogP contribution >= 0.6 is 11.6 Å². The Bertz CT molecular complexity index is 344. The zero-order valence-electron chi connectivity index (χ0n) is 6.39. The highest BCUT2D eigenvalue weighted by Crippen LogP contribution is 2.33. The number of aromatic nitrogens is 2. The highest BCUT2D eigenvalue weighted by Gasteiger charge is 2.38. The largest absolute Gasteiger partial charge is 0.433 e. The van der Waals surface area contributed by atoms with Crippen LogP contribution < -0.4 is 0 Å². The fourth-order valence-corrected chi connectivity index (χ4v) is 1.20. The molecule has 7 heteroatoms. The van der Waals surface area contributed by atoms with Gasteiger partial charge in [-0.3, -0.25) is 9.48 Å². The first-order valence-electron chi connectivity index (χ1n) is 3.12. The fraction of sp³-hybridized carbons (Fsp3) is 0.333. The number of carbonyl (C=O) groups excluding carboxylic acids is 1. The van der Waals surface area contributed by atoms with Crippen molar-refractivity contribution in [3.8, 4) is 0 Å². The Morgan fingerprint density at radius 3 is 2.38 bits per heavy atom. The number of hydrogen-bond donors (Lipinski definition) is 0. The van der Waals surface area contributed by atoms with Gasteiger partial charge in [0.25, 0.3) is 0 Å². The second-order valence-electron chi connectivity index (χ2n) is 2.29. The lowest BCUT2D eigenvalue weighted by atomic mass is 10.2. The van der Waals surface area contributed by atoms with Crippen molar-refractivity contribution in [2.24, 2.45) is 7.05 Å². The summed E-state index contributed by atoms with van der Waals surface area (Å²) in [5.41, 5.74) is -1.76. The van der Waals surface area contributed by atoms with Gasteiger partial charge in [0.1, 0.15) is 0 Å². The summed E-state index contributed by atoms with van der Waals surface area (Å²) in [5.74, 6) is 0. The number of aldehydes is 1. The van der Waals surface area contributed by atoms with Gasteiger partial charge in [0.2, 0.25) is 0 Å². The van der Waals surface area contributed by atoms with Gasteiger partial charge in [0.05, 0.1) is 5.56 Å². The summed E-state index contributed by atoms with van der Waals surface area (Å²) >= 11 is 5.29. The van der Waals surface area contributed by atoms with Crippen LogP contribution in [0.2, 0.25) is 5.15 Å². The van der Waals surface area contributed by atoms with Crippen molar-refractivity contribution in [2.45, 2.75) is 6.18 Å². The lowest BCUT2D eigenvalue weighted by molar-refractivity contribution is -0.143. The third-order valence-electron chi connectivity index (χ3n) is 1.43. The molecule has 0 atom stereocenters. The quantitative estimate of drug-likeness (QED) is 0.667. The van der Waals surface area contributed by atoms with Crippen LogP contribution in [0, 0.1) is 0 Å². The Morgan fingerprint density at radius 1 is 1.54 bits per heavy atom. The van der Waals surface area contributed by atoms with Crippen molar-refractivity contribution >= 4 is 17.9 Å². The standard InChI is InChI=1S/C6H4ClF3N2O/c1-12-4(6(8,9)10)3(2-13)5(7)11-12/h2H,1H3. The molecule has 0 fully saturated rings.